The van der Waals surface area contributed by atoms with Crippen molar-refractivity contribution in [3.05, 3.63) is 29.8 Å². The largest absolute Gasteiger partial charge is 0.384 e. The molecule has 4 nitrogen and oxygen atoms in total. The van der Waals surface area contributed by atoms with Crippen LogP contribution >= 0.6 is 0 Å². The zero-order valence-corrected chi connectivity index (χ0v) is 8.29. The molecule has 0 spiro atoms. The normalized spacial score (nSPS) is 20.2. The van der Waals surface area contributed by atoms with Crippen molar-refractivity contribution < 1.29 is 13.0 Å². The molecule has 1 unspecified atom stereocenters. The number of fused-ring (bicyclic) bond motifs is 1. The molecule has 1 aromatic rings. The molecule has 0 aromatic heterocycles. The van der Waals surface area contributed by atoms with Gasteiger partial charge in [0, 0.05) is 18.2 Å². The molecule has 1 heterocycles. The molecule has 1 aromatic carbocycles. The molecule has 0 bridgehead atoms. The number of anilines is 1. The van der Waals surface area contributed by atoms with Crippen molar-refractivity contribution >= 4 is 15.8 Å². The van der Waals surface area contributed by atoms with E-state index in [9.17, 15) is 8.42 Å². The second-order valence-corrected chi connectivity index (χ2v) is 4.91. The third kappa shape index (κ3) is 1.88. The average molecular weight is 213 g/mol. The Bertz CT molecular complexity index is 441. The quantitative estimate of drug-likeness (QED) is 0.721. The Kier molecular flexibility index (Phi) is 2.20. The number of hydrogen-bond donors (Lipinski definition) is 2. The molecule has 2 N–H and O–H groups in total. The molecule has 0 aliphatic carbocycles. The molecule has 0 saturated carbocycles. The molecule has 5 heteroatoms. The average Bonchev–Trinajstić information content (AvgIpc) is 2.47. The van der Waals surface area contributed by atoms with Crippen LogP contribution in [0.25, 0.3) is 0 Å². The predicted octanol–water partition coefficient (Wildman–Crippen LogP) is 1.08. The van der Waals surface area contributed by atoms with Gasteiger partial charge in [-0.2, -0.15) is 8.42 Å². The highest BCUT2D eigenvalue weighted by molar-refractivity contribution is 7.85. The smallest absolute Gasteiger partial charge is 0.265 e. The zero-order valence-electron chi connectivity index (χ0n) is 7.47. The highest BCUT2D eigenvalue weighted by Gasteiger charge is 2.25. The van der Waals surface area contributed by atoms with Gasteiger partial charge < -0.3 is 5.32 Å². The van der Waals surface area contributed by atoms with Crippen molar-refractivity contribution in [3.8, 4) is 0 Å². The zero-order chi connectivity index (χ0) is 10.2. The van der Waals surface area contributed by atoms with Crippen LogP contribution < -0.4 is 5.32 Å². The van der Waals surface area contributed by atoms with Crippen LogP contribution in [0.5, 0.6) is 0 Å². The highest BCUT2D eigenvalue weighted by Crippen LogP contribution is 2.31. The predicted molar refractivity (Wildman–Crippen MR) is 54.1 cm³/mol. The summed E-state index contributed by atoms with van der Waals surface area (Å²) in [4.78, 5) is 0. The van der Waals surface area contributed by atoms with Gasteiger partial charge in [-0.05, 0) is 11.6 Å². The van der Waals surface area contributed by atoms with Crippen LogP contribution in [0.15, 0.2) is 24.3 Å². The van der Waals surface area contributed by atoms with Crippen molar-refractivity contribution in [2.24, 2.45) is 0 Å². The monoisotopic (exact) mass is 213 g/mol. The van der Waals surface area contributed by atoms with Gasteiger partial charge in [-0.15, -0.1) is 0 Å². The maximum absolute atomic E-state index is 10.7. The number of hydrogen-bond acceptors (Lipinski definition) is 3. The molecule has 0 saturated heterocycles. The lowest BCUT2D eigenvalue weighted by Crippen LogP contribution is -2.15. The fourth-order valence-electron chi connectivity index (χ4n) is 1.76. The Morgan fingerprint density at radius 1 is 1.43 bits per heavy atom. The van der Waals surface area contributed by atoms with Gasteiger partial charge in [0.25, 0.3) is 10.1 Å². The van der Waals surface area contributed by atoms with E-state index in [2.05, 4.69) is 5.32 Å². The maximum Gasteiger partial charge on any atom is 0.265 e. The molecule has 76 valence electrons. The van der Waals surface area contributed by atoms with Crippen molar-refractivity contribution in [2.45, 2.75) is 5.92 Å². The van der Waals surface area contributed by atoms with E-state index in [1.54, 1.807) is 0 Å². The summed E-state index contributed by atoms with van der Waals surface area (Å²) in [5, 5.41) is 3.10. The maximum atomic E-state index is 10.7. The van der Waals surface area contributed by atoms with E-state index in [-0.39, 0.29) is 11.7 Å². The Hall–Kier alpha value is -1.07. The fourth-order valence-corrected chi connectivity index (χ4v) is 2.57. The number of para-hydroxylation sites is 1. The molecule has 2 rings (SSSR count). The molecule has 0 radical (unpaired) electrons. The molecule has 1 atom stereocenters. The molecule has 1 aliphatic rings. The Balaban J connectivity index is 2.27. The SMILES string of the molecule is O=S(=O)(O)CC1CNc2ccccc21. The van der Waals surface area contributed by atoms with Gasteiger partial charge >= 0.3 is 0 Å². The van der Waals surface area contributed by atoms with Gasteiger partial charge in [0.15, 0.2) is 0 Å². The standard InChI is InChI=1S/C9H11NO3S/c11-14(12,13)6-7-5-10-9-4-2-1-3-8(7)9/h1-4,7,10H,5-6H2,(H,11,12,13). The van der Waals surface area contributed by atoms with Crippen molar-refractivity contribution in [1.29, 1.82) is 0 Å². The second-order valence-electron chi connectivity index (χ2n) is 3.41. The Labute approximate surface area is 82.7 Å². The minimum absolute atomic E-state index is 0.138. The van der Waals surface area contributed by atoms with Gasteiger partial charge in [-0.1, -0.05) is 18.2 Å². The van der Waals surface area contributed by atoms with E-state index in [1.165, 1.54) is 0 Å². The lowest BCUT2D eigenvalue weighted by Gasteiger charge is -2.06. The number of rotatable bonds is 2. The van der Waals surface area contributed by atoms with Gasteiger partial charge in [0.2, 0.25) is 0 Å². The van der Waals surface area contributed by atoms with Gasteiger partial charge in [0.05, 0.1) is 5.75 Å². The first-order valence-corrected chi connectivity index (χ1v) is 5.95. The molecular weight excluding hydrogens is 202 g/mol. The summed E-state index contributed by atoms with van der Waals surface area (Å²) in [6.45, 7) is 0.569. The van der Waals surface area contributed by atoms with Crippen LogP contribution in [-0.2, 0) is 10.1 Å². The van der Waals surface area contributed by atoms with E-state index in [0.717, 1.165) is 11.3 Å². The highest BCUT2D eigenvalue weighted by atomic mass is 32.2. The minimum atomic E-state index is -3.89. The molecule has 0 fully saturated rings. The summed E-state index contributed by atoms with van der Waals surface area (Å²) in [5.41, 5.74) is 1.92. The van der Waals surface area contributed by atoms with Crippen molar-refractivity contribution in [3.63, 3.8) is 0 Å². The van der Waals surface area contributed by atoms with E-state index in [0.29, 0.717) is 6.54 Å². The molecule has 14 heavy (non-hydrogen) atoms. The third-order valence-electron chi connectivity index (χ3n) is 2.35. The fraction of sp³-hybridized carbons (Fsp3) is 0.333. The summed E-state index contributed by atoms with van der Waals surface area (Å²) >= 11 is 0. The first kappa shape index (κ1) is 9.48. The summed E-state index contributed by atoms with van der Waals surface area (Å²) < 4.78 is 30.2. The Morgan fingerprint density at radius 2 is 2.14 bits per heavy atom. The van der Waals surface area contributed by atoms with Gasteiger partial charge in [-0.25, -0.2) is 0 Å². The molecular formula is C9H11NO3S. The molecule has 0 amide bonds. The summed E-state index contributed by atoms with van der Waals surface area (Å²) in [5.74, 6) is -0.349. The van der Waals surface area contributed by atoms with Crippen LogP contribution in [0.4, 0.5) is 5.69 Å². The number of nitrogens with one attached hydrogen (secondary N) is 1. The summed E-state index contributed by atoms with van der Waals surface area (Å²) in [6, 6.07) is 7.54. The van der Waals surface area contributed by atoms with Crippen LogP contribution in [0.1, 0.15) is 11.5 Å². The van der Waals surface area contributed by atoms with Crippen LogP contribution in [0.3, 0.4) is 0 Å². The number of benzene rings is 1. The van der Waals surface area contributed by atoms with Crippen molar-refractivity contribution in [2.75, 3.05) is 17.6 Å². The van der Waals surface area contributed by atoms with Gasteiger partial charge in [0.1, 0.15) is 0 Å². The lowest BCUT2D eigenvalue weighted by atomic mass is 10.0. The van der Waals surface area contributed by atoms with E-state index < -0.39 is 10.1 Å². The van der Waals surface area contributed by atoms with Gasteiger partial charge in [-0.3, -0.25) is 4.55 Å². The van der Waals surface area contributed by atoms with Crippen LogP contribution in [0.2, 0.25) is 0 Å². The first-order chi connectivity index (χ1) is 6.56. The minimum Gasteiger partial charge on any atom is -0.384 e. The van der Waals surface area contributed by atoms with E-state index in [4.69, 9.17) is 4.55 Å². The Morgan fingerprint density at radius 3 is 2.86 bits per heavy atom. The summed E-state index contributed by atoms with van der Waals surface area (Å²) in [6.07, 6.45) is 0. The van der Waals surface area contributed by atoms with E-state index >= 15 is 0 Å². The summed E-state index contributed by atoms with van der Waals surface area (Å²) in [7, 11) is -3.89. The molecule has 1 aliphatic heterocycles. The van der Waals surface area contributed by atoms with E-state index in [1.807, 2.05) is 24.3 Å². The van der Waals surface area contributed by atoms with Crippen LogP contribution in [0, 0.1) is 0 Å². The first-order valence-electron chi connectivity index (χ1n) is 4.34. The third-order valence-corrected chi connectivity index (χ3v) is 3.17. The lowest BCUT2D eigenvalue weighted by molar-refractivity contribution is 0.478. The van der Waals surface area contributed by atoms with Crippen LogP contribution in [-0.4, -0.2) is 25.3 Å². The topological polar surface area (TPSA) is 66.4 Å². The van der Waals surface area contributed by atoms with Crippen molar-refractivity contribution in [1.82, 2.24) is 0 Å². The second kappa shape index (κ2) is 3.25.